The highest BCUT2D eigenvalue weighted by Crippen LogP contribution is 2.21. The van der Waals surface area contributed by atoms with Gasteiger partial charge in [-0.25, -0.2) is 0 Å². The molecule has 0 spiro atoms. The molecule has 3 N–H and O–H groups in total. The number of nitrogens with two attached hydrogens (primary N) is 1. The first kappa shape index (κ1) is 10.9. The van der Waals surface area contributed by atoms with Crippen LogP contribution in [0.1, 0.15) is 13.3 Å². The van der Waals surface area contributed by atoms with Crippen LogP contribution in [0.15, 0.2) is 0 Å². The quantitative estimate of drug-likeness (QED) is 0.641. The molecule has 0 aliphatic carbocycles. The third kappa shape index (κ3) is 2.14. The van der Waals surface area contributed by atoms with E-state index in [-0.39, 0.29) is 0 Å². The number of piperazine rings is 1. The van der Waals surface area contributed by atoms with Gasteiger partial charge in [-0.3, -0.25) is 9.69 Å². The van der Waals surface area contributed by atoms with E-state index >= 15 is 0 Å². The lowest BCUT2D eigenvalue weighted by atomic mass is 10.0. The Morgan fingerprint density at radius 1 is 1.53 bits per heavy atom. The Morgan fingerprint density at radius 3 is 2.93 bits per heavy atom. The van der Waals surface area contributed by atoms with Gasteiger partial charge in [-0.1, -0.05) is 0 Å². The summed E-state index contributed by atoms with van der Waals surface area (Å²) in [5.74, 6) is -0.914. The molecule has 2 bridgehead atoms. The summed E-state index contributed by atoms with van der Waals surface area (Å²) >= 11 is 0. The molecular formula is C10H19N3O2. The van der Waals surface area contributed by atoms with Gasteiger partial charge >= 0.3 is 5.97 Å². The minimum atomic E-state index is -1.12. The van der Waals surface area contributed by atoms with Gasteiger partial charge in [0.2, 0.25) is 0 Å². The number of fused-ring (bicyclic) bond motifs is 2. The molecular weight excluding hydrogens is 194 g/mol. The Balaban J connectivity index is 1.97. The summed E-state index contributed by atoms with van der Waals surface area (Å²) in [5, 5.41) is 8.98. The largest absolute Gasteiger partial charge is 0.480 e. The van der Waals surface area contributed by atoms with E-state index in [1.807, 2.05) is 0 Å². The topological polar surface area (TPSA) is 69.8 Å². The van der Waals surface area contributed by atoms with E-state index in [4.69, 9.17) is 10.8 Å². The number of aliphatic carboxylic acids is 1. The number of carboxylic acid groups (broad SMARTS) is 1. The first-order valence-electron chi connectivity index (χ1n) is 5.48. The summed E-state index contributed by atoms with van der Waals surface area (Å²) in [6.07, 6.45) is 1.15. The van der Waals surface area contributed by atoms with E-state index in [0.29, 0.717) is 12.6 Å². The predicted octanol–water partition coefficient (Wildman–Crippen LogP) is -0.822. The molecule has 0 saturated carbocycles. The van der Waals surface area contributed by atoms with Gasteiger partial charge in [0.1, 0.15) is 5.54 Å². The standard InChI is InChI=1S/C10H19N3O2/c1-10(11,9(14)15)7-13-5-4-12-3-2-8(13)6-12/h8H,2-7,11H2,1H3,(H,14,15). The number of hydrogen-bond donors (Lipinski definition) is 2. The van der Waals surface area contributed by atoms with Crippen molar-refractivity contribution in [1.29, 1.82) is 0 Å². The van der Waals surface area contributed by atoms with Crippen molar-refractivity contribution in [3.8, 4) is 0 Å². The van der Waals surface area contributed by atoms with E-state index in [1.165, 1.54) is 0 Å². The van der Waals surface area contributed by atoms with Crippen molar-refractivity contribution >= 4 is 5.97 Å². The molecule has 3 atom stereocenters. The maximum absolute atomic E-state index is 10.9. The summed E-state index contributed by atoms with van der Waals surface area (Å²) in [4.78, 5) is 15.6. The van der Waals surface area contributed by atoms with E-state index in [0.717, 1.165) is 32.6 Å². The molecule has 2 heterocycles. The molecule has 2 fully saturated rings. The molecule has 0 aromatic heterocycles. The minimum absolute atomic E-state index is 0.459. The fourth-order valence-electron chi connectivity index (χ4n) is 2.46. The maximum Gasteiger partial charge on any atom is 0.324 e. The van der Waals surface area contributed by atoms with Crippen molar-refractivity contribution in [2.24, 2.45) is 5.73 Å². The maximum atomic E-state index is 10.9. The summed E-state index contributed by atoms with van der Waals surface area (Å²) in [7, 11) is 0. The molecule has 86 valence electrons. The summed E-state index contributed by atoms with van der Waals surface area (Å²) < 4.78 is 0. The van der Waals surface area contributed by atoms with Crippen LogP contribution < -0.4 is 5.73 Å². The number of hydrogen-bond acceptors (Lipinski definition) is 4. The number of carboxylic acids is 1. The van der Waals surface area contributed by atoms with Crippen molar-refractivity contribution in [3.63, 3.8) is 0 Å². The molecule has 0 aromatic carbocycles. The molecule has 5 heteroatoms. The average Bonchev–Trinajstić information content (AvgIpc) is 2.53. The van der Waals surface area contributed by atoms with Crippen LogP contribution in [-0.4, -0.2) is 65.2 Å². The highest BCUT2D eigenvalue weighted by molar-refractivity contribution is 5.78. The molecule has 2 rings (SSSR count). The number of carbonyl (C=O) groups is 1. The number of rotatable bonds is 3. The lowest BCUT2D eigenvalue weighted by molar-refractivity contribution is -0.143. The van der Waals surface area contributed by atoms with Gasteiger partial charge in [-0.2, -0.15) is 0 Å². The Hall–Kier alpha value is -0.650. The van der Waals surface area contributed by atoms with Crippen molar-refractivity contribution in [2.45, 2.75) is 24.9 Å². The first-order valence-corrected chi connectivity index (χ1v) is 5.48. The average molecular weight is 213 g/mol. The highest BCUT2D eigenvalue weighted by atomic mass is 16.4. The Bertz CT molecular complexity index is 267. The third-order valence-corrected chi connectivity index (χ3v) is 3.49. The Kier molecular flexibility index (Phi) is 2.70. The van der Waals surface area contributed by atoms with Crippen LogP contribution in [0.5, 0.6) is 0 Å². The van der Waals surface area contributed by atoms with Crippen LogP contribution in [0.3, 0.4) is 0 Å². The normalized spacial score (nSPS) is 35.1. The van der Waals surface area contributed by atoms with Gasteiger partial charge in [0.25, 0.3) is 0 Å². The molecule has 3 unspecified atom stereocenters. The van der Waals surface area contributed by atoms with Crippen LogP contribution in [0.25, 0.3) is 0 Å². The zero-order chi connectivity index (χ0) is 11.1. The summed E-state index contributed by atoms with van der Waals surface area (Å²) in [5.41, 5.74) is 4.65. The molecule has 0 amide bonds. The Labute approximate surface area is 89.8 Å². The van der Waals surface area contributed by atoms with Crippen LogP contribution >= 0.6 is 0 Å². The second kappa shape index (κ2) is 3.73. The van der Waals surface area contributed by atoms with Crippen LogP contribution in [-0.2, 0) is 4.79 Å². The molecule has 2 aliphatic rings. The zero-order valence-corrected chi connectivity index (χ0v) is 9.15. The minimum Gasteiger partial charge on any atom is -0.480 e. The van der Waals surface area contributed by atoms with Gasteiger partial charge in [-0.15, -0.1) is 0 Å². The van der Waals surface area contributed by atoms with Gasteiger partial charge < -0.3 is 15.7 Å². The van der Waals surface area contributed by atoms with Crippen molar-refractivity contribution in [1.82, 2.24) is 9.80 Å². The van der Waals surface area contributed by atoms with Crippen molar-refractivity contribution < 1.29 is 9.90 Å². The van der Waals surface area contributed by atoms with Crippen LogP contribution in [0.4, 0.5) is 0 Å². The van der Waals surface area contributed by atoms with Crippen LogP contribution in [0.2, 0.25) is 0 Å². The smallest absolute Gasteiger partial charge is 0.324 e. The van der Waals surface area contributed by atoms with E-state index in [2.05, 4.69) is 9.80 Å². The van der Waals surface area contributed by atoms with Gasteiger partial charge in [-0.05, 0) is 19.9 Å². The van der Waals surface area contributed by atoms with Gasteiger partial charge in [0.05, 0.1) is 0 Å². The van der Waals surface area contributed by atoms with Crippen molar-refractivity contribution in [2.75, 3.05) is 32.7 Å². The number of nitrogens with zero attached hydrogens (tertiary/aromatic N) is 2. The first-order chi connectivity index (χ1) is 6.99. The van der Waals surface area contributed by atoms with Crippen molar-refractivity contribution in [3.05, 3.63) is 0 Å². The summed E-state index contributed by atoms with van der Waals surface area (Å²) in [6.45, 7) is 6.28. The molecule has 0 radical (unpaired) electrons. The second-order valence-electron chi connectivity index (χ2n) is 4.94. The van der Waals surface area contributed by atoms with Gasteiger partial charge in [0.15, 0.2) is 0 Å². The summed E-state index contributed by atoms with van der Waals surface area (Å²) in [6, 6.07) is 0.515. The Morgan fingerprint density at radius 2 is 2.27 bits per heavy atom. The SMILES string of the molecule is CC(N)(CN1CCN2CCC1C2)C(=O)O. The van der Waals surface area contributed by atoms with E-state index in [1.54, 1.807) is 6.92 Å². The molecule has 2 saturated heterocycles. The fraction of sp³-hybridized carbons (Fsp3) is 0.900. The molecule has 2 aliphatic heterocycles. The zero-order valence-electron chi connectivity index (χ0n) is 9.15. The van der Waals surface area contributed by atoms with Gasteiger partial charge in [0, 0.05) is 32.2 Å². The third-order valence-electron chi connectivity index (χ3n) is 3.49. The molecule has 0 aromatic rings. The fourth-order valence-corrected chi connectivity index (χ4v) is 2.46. The molecule has 5 nitrogen and oxygen atoms in total. The highest BCUT2D eigenvalue weighted by Gasteiger charge is 2.38. The lowest BCUT2D eigenvalue weighted by Crippen LogP contribution is -2.58. The predicted molar refractivity (Wildman–Crippen MR) is 56.6 cm³/mol. The van der Waals surface area contributed by atoms with E-state index < -0.39 is 11.5 Å². The van der Waals surface area contributed by atoms with E-state index in [9.17, 15) is 4.79 Å². The molecule has 15 heavy (non-hydrogen) atoms. The lowest BCUT2D eigenvalue weighted by Gasteiger charge is -2.37. The van der Waals surface area contributed by atoms with Crippen LogP contribution in [0, 0.1) is 0 Å². The monoisotopic (exact) mass is 213 g/mol. The second-order valence-corrected chi connectivity index (χ2v) is 4.94.